The summed E-state index contributed by atoms with van der Waals surface area (Å²) >= 11 is 0. The number of nitrogens with two attached hydrogens (primary N) is 1. The predicted molar refractivity (Wildman–Crippen MR) is 108 cm³/mol. The van der Waals surface area contributed by atoms with Crippen LogP contribution in [0.5, 0.6) is 0 Å². The Morgan fingerprint density at radius 2 is 2.35 bits per heavy atom. The number of fused-ring (bicyclic) bond motifs is 1. The van der Waals surface area contributed by atoms with Crippen molar-refractivity contribution in [2.24, 2.45) is 28.0 Å². The summed E-state index contributed by atoms with van der Waals surface area (Å²) in [5.74, 6) is 1.21. The molecule has 26 heavy (non-hydrogen) atoms. The van der Waals surface area contributed by atoms with Crippen LogP contribution in [0.25, 0.3) is 16.9 Å². The molecule has 2 aromatic heterocycles. The summed E-state index contributed by atoms with van der Waals surface area (Å²) in [6, 6.07) is 2.05. The number of rotatable bonds is 4. The third-order valence-electron chi connectivity index (χ3n) is 5.07. The fourth-order valence-electron chi connectivity index (χ4n) is 4.04. The minimum absolute atomic E-state index is 0. The van der Waals surface area contributed by atoms with Gasteiger partial charge in [-0.2, -0.15) is 0 Å². The number of allylic oxidation sites excluding steroid dienone is 1. The molecule has 0 spiro atoms. The second-order valence-corrected chi connectivity index (χ2v) is 7.46. The number of aromatic amines is 1. The van der Waals surface area contributed by atoms with Crippen molar-refractivity contribution >= 4 is 16.9 Å². The maximum absolute atomic E-state index is 7.76. The minimum Gasteiger partial charge on any atom is -0.371 e. The minimum atomic E-state index is -0.281. The van der Waals surface area contributed by atoms with Gasteiger partial charge in [0.15, 0.2) is 11.1 Å². The quantitative estimate of drug-likeness (QED) is 0.725. The van der Waals surface area contributed by atoms with Crippen molar-refractivity contribution < 1.29 is 12.7 Å². The Morgan fingerprint density at radius 3 is 2.85 bits per heavy atom. The van der Waals surface area contributed by atoms with E-state index in [4.69, 9.17) is 10.8 Å². The third kappa shape index (κ3) is 4.23. The molecule has 0 aromatic carbocycles. The van der Waals surface area contributed by atoms with Crippen molar-refractivity contribution in [3.63, 3.8) is 0 Å². The van der Waals surface area contributed by atoms with E-state index < -0.39 is 0 Å². The molecule has 0 saturated heterocycles. The molecule has 7 nitrogen and oxygen atoms in total. The van der Waals surface area contributed by atoms with Crippen molar-refractivity contribution in [2.45, 2.75) is 33.6 Å². The maximum Gasteiger partial charge on any atom is 0.154 e. The molecule has 0 aliphatic heterocycles. The normalized spacial score (nSPS) is 22.3. The van der Waals surface area contributed by atoms with Gasteiger partial charge in [0.05, 0.1) is 18.4 Å². The smallest absolute Gasteiger partial charge is 0.154 e. The number of hydrogen-bond donors (Lipinski definition) is 3. The molecule has 2 heterocycles. The van der Waals surface area contributed by atoms with Crippen molar-refractivity contribution in [3.8, 4) is 0 Å². The lowest BCUT2D eigenvalue weighted by Gasteiger charge is -2.30. The fraction of sp³-hybridized carbons (Fsp3) is 0.579. The largest absolute Gasteiger partial charge is 0.371 e. The van der Waals surface area contributed by atoms with Gasteiger partial charge in [0, 0.05) is 27.7 Å². The van der Waals surface area contributed by atoms with Gasteiger partial charge in [-0.3, -0.25) is 9.56 Å². The molecule has 148 valence electrons. The number of hydrogen-bond acceptors (Lipinski definition) is 5. The summed E-state index contributed by atoms with van der Waals surface area (Å²) in [5, 5.41) is 7.76. The van der Waals surface area contributed by atoms with Crippen molar-refractivity contribution in [2.75, 3.05) is 20.6 Å². The van der Waals surface area contributed by atoms with E-state index in [1.807, 2.05) is 25.5 Å². The van der Waals surface area contributed by atoms with E-state index in [1.165, 1.54) is 12.8 Å². The molecular weight excluding hydrogens is 330 g/mol. The van der Waals surface area contributed by atoms with Crippen LogP contribution in [0, 0.1) is 17.3 Å². The lowest BCUT2D eigenvalue weighted by atomic mass is 9.80. The van der Waals surface area contributed by atoms with Gasteiger partial charge >= 0.3 is 0 Å². The van der Waals surface area contributed by atoms with Gasteiger partial charge < -0.3 is 20.6 Å². The van der Waals surface area contributed by atoms with E-state index in [1.54, 1.807) is 0 Å². The number of H-pyrrole nitrogens is 1. The van der Waals surface area contributed by atoms with Gasteiger partial charge in [-0.25, -0.2) is 4.98 Å². The highest BCUT2D eigenvalue weighted by molar-refractivity contribution is 5.75. The third-order valence-corrected chi connectivity index (χ3v) is 5.07. The number of nitrogens with one attached hydrogen (secondary N) is 1. The summed E-state index contributed by atoms with van der Waals surface area (Å²) < 4.78 is 6.34. The topological polar surface area (TPSA) is 101 Å². The Balaban J connectivity index is 0.000000934. The Labute approximate surface area is 157 Å². The van der Waals surface area contributed by atoms with E-state index in [9.17, 15) is 0 Å². The number of aromatic nitrogens is 3. The molecule has 7 heteroatoms. The first-order valence-corrected chi connectivity index (χ1v) is 8.91. The van der Waals surface area contributed by atoms with Gasteiger partial charge in [-0.15, -0.1) is 0 Å². The summed E-state index contributed by atoms with van der Waals surface area (Å²) in [5.41, 5.74) is 8.97. The molecule has 0 amide bonds. The number of ether oxygens (including phenoxy) is 1. The van der Waals surface area contributed by atoms with Crippen LogP contribution in [0.2, 0.25) is 0 Å². The second kappa shape index (κ2) is 8.62. The van der Waals surface area contributed by atoms with Crippen LogP contribution in [-0.2, 0) is 4.74 Å². The van der Waals surface area contributed by atoms with Crippen LogP contribution in [-0.4, -0.2) is 40.2 Å². The van der Waals surface area contributed by atoms with Crippen molar-refractivity contribution in [1.82, 2.24) is 14.5 Å². The lowest BCUT2D eigenvalue weighted by molar-refractivity contribution is 0.00195. The SMILES string of the molecule is C=C([C@H]1CC(C)CC1(C)C)n1c(=NC)cnc2[nH]ccc21.NCOCO.[HH].[HH]. The van der Waals surface area contributed by atoms with Crippen LogP contribution < -0.4 is 11.2 Å². The van der Waals surface area contributed by atoms with Crippen LogP contribution in [0.4, 0.5) is 0 Å². The van der Waals surface area contributed by atoms with Crippen LogP contribution in [0.1, 0.15) is 36.5 Å². The molecular formula is C19H35N5O2. The maximum atomic E-state index is 7.76. The molecule has 2 aromatic rings. The summed E-state index contributed by atoms with van der Waals surface area (Å²) in [6.45, 7) is 11.3. The molecule has 2 atom stereocenters. The van der Waals surface area contributed by atoms with E-state index in [2.05, 4.69) is 51.6 Å². The van der Waals surface area contributed by atoms with Crippen LogP contribution in [0.15, 0.2) is 30.0 Å². The zero-order chi connectivity index (χ0) is 19.3. The van der Waals surface area contributed by atoms with Gasteiger partial charge in [-0.1, -0.05) is 27.4 Å². The zero-order valence-corrected chi connectivity index (χ0v) is 16.2. The highest BCUT2D eigenvalue weighted by Gasteiger charge is 2.40. The number of nitrogens with zero attached hydrogens (tertiary/aromatic N) is 3. The Kier molecular flexibility index (Phi) is 6.75. The fourth-order valence-corrected chi connectivity index (χ4v) is 4.04. The first-order chi connectivity index (χ1) is 12.4. The van der Waals surface area contributed by atoms with Crippen LogP contribution >= 0.6 is 0 Å². The van der Waals surface area contributed by atoms with Crippen LogP contribution in [0.3, 0.4) is 0 Å². The van der Waals surface area contributed by atoms with E-state index >= 15 is 0 Å². The highest BCUT2D eigenvalue weighted by Crippen LogP contribution is 2.49. The summed E-state index contributed by atoms with van der Waals surface area (Å²) in [7, 11) is 1.81. The Hall–Kier alpha value is -1.96. The molecule has 4 N–H and O–H groups in total. The van der Waals surface area contributed by atoms with Gasteiger partial charge in [0.2, 0.25) is 0 Å². The highest BCUT2D eigenvalue weighted by atomic mass is 16.6. The van der Waals surface area contributed by atoms with Gasteiger partial charge in [-0.05, 0) is 30.2 Å². The van der Waals surface area contributed by atoms with Gasteiger partial charge in [0.25, 0.3) is 0 Å². The molecule has 0 radical (unpaired) electrons. The molecule has 1 aliphatic carbocycles. The molecule has 1 unspecified atom stereocenters. The second-order valence-electron chi connectivity index (χ2n) is 7.46. The van der Waals surface area contributed by atoms with E-state index in [-0.39, 0.29) is 21.8 Å². The lowest BCUT2D eigenvalue weighted by Crippen LogP contribution is -2.28. The average molecular weight is 366 g/mol. The zero-order valence-electron chi connectivity index (χ0n) is 16.2. The molecule has 3 rings (SSSR count). The predicted octanol–water partition coefficient (Wildman–Crippen LogP) is 2.80. The summed E-state index contributed by atoms with van der Waals surface area (Å²) in [4.78, 5) is 12.0. The Bertz CT molecular complexity index is 814. The standard InChI is InChI=1S/C17H24N4.C2H7NO2.2H2/c1-11-8-13(17(3,4)9-11)12(2)21-14-6-7-19-16(14)20-10-15(21)18-5;3-1-5-2-4;;/h6-7,10-11,13,19H,2,8-9H2,1,3-5H3;4H,1-3H2;2*1H/t11?,13-;;;/m1.../s1. The molecule has 1 saturated carbocycles. The first-order valence-electron chi connectivity index (χ1n) is 8.91. The molecule has 1 aliphatic rings. The van der Waals surface area contributed by atoms with Crippen molar-refractivity contribution in [1.29, 1.82) is 0 Å². The van der Waals surface area contributed by atoms with Crippen molar-refractivity contribution in [3.05, 3.63) is 30.5 Å². The van der Waals surface area contributed by atoms with E-state index in [0.717, 1.165) is 28.3 Å². The number of aliphatic hydroxyl groups excluding tert-OH is 1. The Morgan fingerprint density at radius 1 is 1.62 bits per heavy atom. The first kappa shape index (κ1) is 20.4. The average Bonchev–Trinajstić information content (AvgIpc) is 3.17. The monoisotopic (exact) mass is 365 g/mol. The number of aliphatic hydroxyl groups is 1. The van der Waals surface area contributed by atoms with Gasteiger partial charge in [0.1, 0.15) is 6.79 Å². The molecule has 1 fully saturated rings. The van der Waals surface area contributed by atoms with E-state index in [0.29, 0.717) is 5.92 Å². The summed E-state index contributed by atoms with van der Waals surface area (Å²) in [6.07, 6.45) is 6.17. The molecule has 0 bridgehead atoms.